The number of nitrogens with one attached hydrogen (secondary N) is 1. The second-order valence-corrected chi connectivity index (χ2v) is 1.87. The van der Waals surface area contributed by atoms with E-state index >= 15 is 0 Å². The molecule has 4 N–H and O–H groups in total. The van der Waals surface area contributed by atoms with Gasteiger partial charge in [-0.3, -0.25) is 5.41 Å². The Morgan fingerprint density at radius 2 is 2.40 bits per heavy atom. The van der Waals surface area contributed by atoms with E-state index in [-0.39, 0.29) is 11.6 Å². The van der Waals surface area contributed by atoms with Crippen molar-refractivity contribution in [3.05, 3.63) is 29.8 Å². The maximum atomic E-state index is 8.89. The Kier molecular flexibility index (Phi) is 1.58. The molecule has 0 aromatic heterocycles. The normalized spacial score (nSPS) is 9.20. The lowest BCUT2D eigenvalue weighted by atomic mass is 10.2. The molecule has 3 heteroatoms. The molecule has 0 unspecified atom stereocenters. The van der Waals surface area contributed by atoms with Gasteiger partial charge in [-0.2, -0.15) is 0 Å². The minimum atomic E-state index is -0.0871. The van der Waals surface area contributed by atoms with Crippen molar-refractivity contribution in [3.8, 4) is 5.75 Å². The quantitative estimate of drug-likeness (QED) is 0.387. The van der Waals surface area contributed by atoms with Crippen molar-refractivity contribution in [1.82, 2.24) is 0 Å². The van der Waals surface area contributed by atoms with E-state index in [0.717, 1.165) is 0 Å². The largest absolute Gasteiger partial charge is 0.508 e. The van der Waals surface area contributed by atoms with Gasteiger partial charge in [0, 0.05) is 5.56 Å². The van der Waals surface area contributed by atoms with Gasteiger partial charge in [0.2, 0.25) is 0 Å². The molecule has 1 radical (unpaired) electrons. The van der Waals surface area contributed by atoms with Gasteiger partial charge in [0.25, 0.3) is 0 Å². The number of amidine groups is 1. The second kappa shape index (κ2) is 2.39. The Hall–Kier alpha value is -1.51. The third-order valence-electron chi connectivity index (χ3n) is 1.08. The van der Waals surface area contributed by atoms with E-state index < -0.39 is 0 Å². The van der Waals surface area contributed by atoms with Crippen LogP contribution in [0.15, 0.2) is 18.2 Å². The van der Waals surface area contributed by atoms with Gasteiger partial charge >= 0.3 is 0 Å². The molecule has 51 valence electrons. The number of phenolic OH excluding ortho intramolecular Hbond substituents is 1. The summed E-state index contributed by atoms with van der Waals surface area (Å²) in [4.78, 5) is 0. The molecule has 0 aliphatic heterocycles. The predicted molar refractivity (Wildman–Crippen MR) is 38.0 cm³/mol. The van der Waals surface area contributed by atoms with Crippen LogP contribution in [0.25, 0.3) is 0 Å². The highest BCUT2D eigenvalue weighted by molar-refractivity contribution is 5.94. The maximum Gasteiger partial charge on any atom is 0.123 e. The minimum absolute atomic E-state index is 0.0871. The van der Waals surface area contributed by atoms with Crippen molar-refractivity contribution >= 4 is 5.84 Å². The average molecular weight is 135 g/mol. The number of hydrogen-bond acceptors (Lipinski definition) is 2. The Bertz CT molecular complexity index is 258. The summed E-state index contributed by atoms with van der Waals surface area (Å²) in [5, 5.41) is 15.9. The van der Waals surface area contributed by atoms with Crippen LogP contribution in [0.2, 0.25) is 0 Å². The summed E-state index contributed by atoms with van der Waals surface area (Å²) in [6, 6.07) is 7.09. The van der Waals surface area contributed by atoms with Crippen LogP contribution in [0.3, 0.4) is 0 Å². The molecule has 0 aliphatic carbocycles. The van der Waals surface area contributed by atoms with Gasteiger partial charge in [0.1, 0.15) is 11.6 Å². The first kappa shape index (κ1) is 6.61. The van der Waals surface area contributed by atoms with Gasteiger partial charge in [-0.1, -0.05) is 0 Å². The zero-order chi connectivity index (χ0) is 7.56. The van der Waals surface area contributed by atoms with Crippen LogP contribution in [-0.4, -0.2) is 10.9 Å². The Morgan fingerprint density at radius 1 is 1.70 bits per heavy atom. The molecule has 10 heavy (non-hydrogen) atoms. The molecule has 1 aromatic carbocycles. The summed E-state index contributed by atoms with van der Waals surface area (Å²) >= 11 is 0. The molecule has 1 aromatic rings. The van der Waals surface area contributed by atoms with Crippen molar-refractivity contribution < 1.29 is 5.11 Å². The number of nitrogen functional groups attached to an aromatic ring is 1. The lowest BCUT2D eigenvalue weighted by Gasteiger charge is -1.95. The molecule has 3 nitrogen and oxygen atoms in total. The van der Waals surface area contributed by atoms with E-state index in [9.17, 15) is 0 Å². The summed E-state index contributed by atoms with van der Waals surface area (Å²) in [5.41, 5.74) is 5.54. The fourth-order valence-corrected chi connectivity index (χ4v) is 0.610. The van der Waals surface area contributed by atoms with E-state index in [0.29, 0.717) is 5.56 Å². The van der Waals surface area contributed by atoms with Crippen molar-refractivity contribution in [2.75, 3.05) is 0 Å². The van der Waals surface area contributed by atoms with E-state index in [4.69, 9.17) is 16.2 Å². The first-order valence-corrected chi connectivity index (χ1v) is 2.75. The van der Waals surface area contributed by atoms with Crippen LogP contribution in [0, 0.1) is 11.5 Å². The highest BCUT2D eigenvalue weighted by atomic mass is 16.3. The Balaban J connectivity index is 3.07. The first-order valence-electron chi connectivity index (χ1n) is 2.75. The molecule has 1 rings (SSSR count). The van der Waals surface area contributed by atoms with E-state index in [1.807, 2.05) is 0 Å². The lowest BCUT2D eigenvalue weighted by molar-refractivity contribution is 0.475. The molecule has 0 spiro atoms. The first-order chi connectivity index (χ1) is 4.70. The van der Waals surface area contributed by atoms with Crippen molar-refractivity contribution in [1.29, 1.82) is 5.41 Å². The smallest absolute Gasteiger partial charge is 0.123 e. The molecule has 0 saturated heterocycles. The van der Waals surface area contributed by atoms with E-state index in [2.05, 4.69) is 6.07 Å². The van der Waals surface area contributed by atoms with E-state index in [1.165, 1.54) is 18.2 Å². The monoisotopic (exact) mass is 135 g/mol. The molecule has 0 saturated carbocycles. The molecular weight excluding hydrogens is 128 g/mol. The van der Waals surface area contributed by atoms with Gasteiger partial charge in [-0.25, -0.2) is 0 Å². The molecular formula is C7H7N2O. The number of benzene rings is 1. The summed E-state index contributed by atoms with van der Waals surface area (Å²) in [7, 11) is 0. The third-order valence-corrected chi connectivity index (χ3v) is 1.08. The SMILES string of the molecule is N=C(N)c1[c]ccc(O)c1. The Labute approximate surface area is 58.6 Å². The topological polar surface area (TPSA) is 70.1 Å². The van der Waals surface area contributed by atoms with Crippen LogP contribution in [-0.2, 0) is 0 Å². The zero-order valence-corrected chi connectivity index (χ0v) is 5.26. The van der Waals surface area contributed by atoms with Crippen LogP contribution in [0.4, 0.5) is 0 Å². The number of aromatic hydroxyl groups is 1. The summed E-state index contributed by atoms with van der Waals surface area (Å²) < 4.78 is 0. The molecule has 0 atom stereocenters. The fraction of sp³-hybridized carbons (Fsp3) is 0. The number of rotatable bonds is 1. The van der Waals surface area contributed by atoms with Crippen LogP contribution in [0.5, 0.6) is 5.75 Å². The standard InChI is InChI=1S/C7H7N2O/c8-7(9)5-2-1-3-6(10)4-5/h1,3-4,10H,(H3,8,9). The molecule has 0 heterocycles. The summed E-state index contributed by atoms with van der Waals surface area (Å²) in [6.07, 6.45) is 0. The molecule has 0 amide bonds. The summed E-state index contributed by atoms with van der Waals surface area (Å²) in [5.74, 6) is 0.0138. The zero-order valence-electron chi connectivity index (χ0n) is 5.26. The molecule has 0 bridgehead atoms. The lowest BCUT2D eigenvalue weighted by Crippen LogP contribution is -2.10. The predicted octanol–water partition coefficient (Wildman–Crippen LogP) is 0.476. The van der Waals surface area contributed by atoms with Gasteiger partial charge in [0.15, 0.2) is 0 Å². The van der Waals surface area contributed by atoms with Crippen molar-refractivity contribution in [3.63, 3.8) is 0 Å². The van der Waals surface area contributed by atoms with Gasteiger partial charge < -0.3 is 10.8 Å². The highest BCUT2D eigenvalue weighted by Crippen LogP contribution is 2.08. The van der Waals surface area contributed by atoms with Gasteiger partial charge in [-0.15, -0.1) is 0 Å². The van der Waals surface area contributed by atoms with Crippen LogP contribution in [0.1, 0.15) is 5.56 Å². The van der Waals surface area contributed by atoms with Crippen LogP contribution >= 0.6 is 0 Å². The number of hydrogen-bond donors (Lipinski definition) is 3. The minimum Gasteiger partial charge on any atom is -0.508 e. The Morgan fingerprint density at radius 3 is 2.80 bits per heavy atom. The third kappa shape index (κ3) is 1.25. The second-order valence-electron chi connectivity index (χ2n) is 1.87. The highest BCUT2D eigenvalue weighted by Gasteiger charge is 1.95. The van der Waals surface area contributed by atoms with Crippen molar-refractivity contribution in [2.45, 2.75) is 0 Å². The molecule has 0 fully saturated rings. The van der Waals surface area contributed by atoms with E-state index in [1.54, 1.807) is 0 Å². The number of phenols is 1. The fourth-order valence-electron chi connectivity index (χ4n) is 0.610. The molecule has 0 aliphatic rings. The number of nitrogens with two attached hydrogens (primary N) is 1. The van der Waals surface area contributed by atoms with Crippen LogP contribution < -0.4 is 5.73 Å². The average Bonchev–Trinajstić information content (AvgIpc) is 1.88. The van der Waals surface area contributed by atoms with Gasteiger partial charge in [-0.05, 0) is 24.3 Å². The van der Waals surface area contributed by atoms with Gasteiger partial charge in [0.05, 0.1) is 0 Å². The maximum absolute atomic E-state index is 8.89. The van der Waals surface area contributed by atoms with Crippen molar-refractivity contribution in [2.24, 2.45) is 5.73 Å². The summed E-state index contributed by atoms with van der Waals surface area (Å²) in [6.45, 7) is 0.